The third kappa shape index (κ3) is 8.57. The third-order valence-corrected chi connectivity index (χ3v) is 3.48. The molecule has 132 valence electrons. The zero-order valence-electron chi connectivity index (χ0n) is 15.0. The molecule has 23 heavy (non-hydrogen) atoms. The molecule has 1 rings (SSSR count). The summed E-state index contributed by atoms with van der Waals surface area (Å²) < 4.78 is 5.22. The van der Waals surface area contributed by atoms with Crippen molar-refractivity contribution in [2.24, 2.45) is 5.73 Å². The number of nitrogens with two attached hydrogens (primary N) is 1. The highest BCUT2D eigenvalue weighted by Gasteiger charge is 2.20. The van der Waals surface area contributed by atoms with Crippen LogP contribution in [-0.2, 0) is 9.53 Å². The smallest absolute Gasteiger partial charge is 0.225 e. The van der Waals surface area contributed by atoms with Crippen molar-refractivity contribution in [3.05, 3.63) is 36.6 Å². The number of rotatable bonds is 8. The largest absolute Gasteiger partial charge is 0.381 e. The Labute approximate surface area is 141 Å². The summed E-state index contributed by atoms with van der Waals surface area (Å²) in [7, 11) is 0. The van der Waals surface area contributed by atoms with Crippen LogP contribution in [-0.4, -0.2) is 61.6 Å². The van der Waals surface area contributed by atoms with Gasteiger partial charge in [-0.3, -0.25) is 4.79 Å². The lowest BCUT2D eigenvalue weighted by molar-refractivity contribution is -0.133. The highest BCUT2D eigenvalue weighted by atomic mass is 16.5. The normalized spacial score (nSPS) is 14.4. The molecule has 0 bridgehead atoms. The number of piperazine rings is 1. The zero-order valence-corrected chi connectivity index (χ0v) is 15.0. The first-order chi connectivity index (χ1) is 11.1. The molecule has 5 heteroatoms. The second-order valence-electron chi connectivity index (χ2n) is 5.00. The zero-order chi connectivity index (χ0) is 17.7. The van der Waals surface area contributed by atoms with E-state index in [1.165, 1.54) is 0 Å². The van der Waals surface area contributed by atoms with Gasteiger partial charge in [-0.15, -0.1) is 0 Å². The van der Waals surface area contributed by atoms with E-state index in [1.807, 2.05) is 37.8 Å². The van der Waals surface area contributed by atoms with Crippen LogP contribution in [0, 0.1) is 0 Å². The molecule has 0 aromatic carbocycles. The number of ether oxygens (including phenoxy) is 1. The van der Waals surface area contributed by atoms with Crippen LogP contribution < -0.4 is 5.73 Å². The molecule has 0 radical (unpaired) electrons. The number of carbonyl (C=O) groups excluding carboxylic acids is 1. The maximum Gasteiger partial charge on any atom is 0.225 e. The van der Waals surface area contributed by atoms with Crippen LogP contribution >= 0.6 is 0 Å². The number of amides is 1. The van der Waals surface area contributed by atoms with Gasteiger partial charge in [-0.1, -0.05) is 33.1 Å². The van der Waals surface area contributed by atoms with E-state index in [2.05, 4.69) is 18.1 Å². The summed E-state index contributed by atoms with van der Waals surface area (Å²) in [5.41, 5.74) is 7.30. The van der Waals surface area contributed by atoms with Crippen LogP contribution in [0.3, 0.4) is 0 Å². The van der Waals surface area contributed by atoms with Crippen molar-refractivity contribution in [2.75, 3.05) is 45.9 Å². The fourth-order valence-corrected chi connectivity index (χ4v) is 2.09. The first-order valence-electron chi connectivity index (χ1n) is 8.43. The Morgan fingerprint density at radius 1 is 1.13 bits per heavy atom. The summed E-state index contributed by atoms with van der Waals surface area (Å²) in [6.07, 6.45) is 4.29. The maximum absolute atomic E-state index is 12.0. The lowest BCUT2D eigenvalue weighted by Gasteiger charge is -2.36. The van der Waals surface area contributed by atoms with Gasteiger partial charge in [-0.05, 0) is 18.6 Å². The van der Waals surface area contributed by atoms with E-state index >= 15 is 0 Å². The van der Waals surface area contributed by atoms with Gasteiger partial charge in [-0.25, -0.2) is 0 Å². The van der Waals surface area contributed by atoms with Gasteiger partial charge in [0.25, 0.3) is 0 Å². The number of nitrogens with zero attached hydrogens (tertiary/aromatic N) is 2. The monoisotopic (exact) mass is 323 g/mol. The molecule has 0 aromatic rings. The highest BCUT2D eigenvalue weighted by Crippen LogP contribution is 2.11. The van der Waals surface area contributed by atoms with E-state index in [-0.39, 0.29) is 5.91 Å². The number of carbonyl (C=O) groups is 1. The van der Waals surface area contributed by atoms with Gasteiger partial charge in [-0.2, -0.15) is 0 Å². The van der Waals surface area contributed by atoms with Crippen molar-refractivity contribution in [3.63, 3.8) is 0 Å². The first-order valence-corrected chi connectivity index (χ1v) is 8.43. The van der Waals surface area contributed by atoms with Crippen LogP contribution in [0.5, 0.6) is 0 Å². The fraction of sp³-hybridized carbons (Fsp3) is 0.611. The van der Waals surface area contributed by atoms with Crippen LogP contribution in [0.15, 0.2) is 36.6 Å². The van der Waals surface area contributed by atoms with Gasteiger partial charge >= 0.3 is 0 Å². The van der Waals surface area contributed by atoms with Crippen molar-refractivity contribution < 1.29 is 9.53 Å². The van der Waals surface area contributed by atoms with E-state index in [4.69, 9.17) is 10.5 Å². The van der Waals surface area contributed by atoms with Crippen LogP contribution in [0.4, 0.5) is 0 Å². The number of hydrogen-bond acceptors (Lipinski definition) is 4. The molecule has 1 aliphatic heterocycles. The predicted octanol–water partition coefficient (Wildman–Crippen LogP) is 2.17. The molecule has 1 aliphatic rings. The van der Waals surface area contributed by atoms with E-state index in [1.54, 1.807) is 0 Å². The Kier molecular flexibility index (Phi) is 12.0. The topological polar surface area (TPSA) is 58.8 Å². The molecule has 1 amide bonds. The average Bonchev–Trinajstić information content (AvgIpc) is 2.61. The second kappa shape index (κ2) is 12.9. The van der Waals surface area contributed by atoms with Gasteiger partial charge in [0.15, 0.2) is 0 Å². The Balaban J connectivity index is 0.00000232. The minimum absolute atomic E-state index is 0.167. The molecule has 0 aliphatic carbocycles. The summed E-state index contributed by atoms with van der Waals surface area (Å²) >= 11 is 0. The summed E-state index contributed by atoms with van der Waals surface area (Å²) in [6.45, 7) is 18.5. The maximum atomic E-state index is 12.0. The molecule has 1 saturated heterocycles. The summed E-state index contributed by atoms with van der Waals surface area (Å²) in [5, 5.41) is 0. The molecular weight excluding hydrogens is 290 g/mol. The van der Waals surface area contributed by atoms with Crippen LogP contribution in [0.25, 0.3) is 0 Å². The standard InChI is InChI=1S/C16H27N3O2.C2H6/c1-4-21-12-7-16(20)19-10-8-18(9-11-19)15(3)6-5-14(2)13-17;1-2/h5-6H,2-4,7-13,17H2,1H3;1-2H3/b6-5-;. The molecule has 1 heterocycles. The van der Waals surface area contributed by atoms with E-state index in [0.29, 0.717) is 26.2 Å². The molecule has 0 aromatic heterocycles. The van der Waals surface area contributed by atoms with Crippen LogP contribution in [0.1, 0.15) is 27.2 Å². The Morgan fingerprint density at radius 2 is 1.70 bits per heavy atom. The minimum atomic E-state index is 0.167. The van der Waals surface area contributed by atoms with E-state index in [9.17, 15) is 4.79 Å². The average molecular weight is 323 g/mol. The minimum Gasteiger partial charge on any atom is -0.381 e. The first kappa shape index (κ1) is 21.4. The Morgan fingerprint density at radius 3 is 2.22 bits per heavy atom. The predicted molar refractivity (Wildman–Crippen MR) is 97.1 cm³/mol. The quantitative estimate of drug-likeness (QED) is 0.549. The molecule has 0 unspecified atom stereocenters. The molecule has 0 saturated carbocycles. The molecule has 5 nitrogen and oxygen atoms in total. The Bertz CT molecular complexity index is 397. The highest BCUT2D eigenvalue weighted by molar-refractivity contribution is 5.76. The van der Waals surface area contributed by atoms with Crippen molar-refractivity contribution >= 4 is 5.91 Å². The fourth-order valence-electron chi connectivity index (χ4n) is 2.09. The molecule has 1 fully saturated rings. The van der Waals surface area contributed by atoms with Gasteiger partial charge < -0.3 is 20.3 Å². The number of allylic oxidation sites excluding steroid dienone is 1. The van der Waals surface area contributed by atoms with E-state index in [0.717, 1.165) is 37.4 Å². The molecule has 0 spiro atoms. The Hall–Kier alpha value is -1.59. The summed E-state index contributed by atoms with van der Waals surface area (Å²) in [5.74, 6) is 0.167. The summed E-state index contributed by atoms with van der Waals surface area (Å²) in [6, 6.07) is 0. The third-order valence-electron chi connectivity index (χ3n) is 3.48. The number of hydrogen-bond donors (Lipinski definition) is 1. The van der Waals surface area contributed by atoms with Gasteiger partial charge in [0.1, 0.15) is 0 Å². The van der Waals surface area contributed by atoms with Crippen molar-refractivity contribution in [1.82, 2.24) is 9.80 Å². The second-order valence-corrected chi connectivity index (χ2v) is 5.00. The van der Waals surface area contributed by atoms with Gasteiger partial charge in [0.2, 0.25) is 5.91 Å². The molecule has 2 N–H and O–H groups in total. The SMILES string of the molecule is C=C(/C=C\C(=C)N1CCN(C(=O)CCOCC)CC1)CN.CC. The lowest BCUT2D eigenvalue weighted by Crippen LogP contribution is -2.48. The molecule has 0 atom stereocenters. The summed E-state index contributed by atoms with van der Waals surface area (Å²) in [4.78, 5) is 16.0. The van der Waals surface area contributed by atoms with Crippen molar-refractivity contribution in [2.45, 2.75) is 27.2 Å². The molecular formula is C18H33N3O2. The van der Waals surface area contributed by atoms with Crippen molar-refractivity contribution in [1.29, 1.82) is 0 Å². The lowest BCUT2D eigenvalue weighted by atomic mass is 10.2. The van der Waals surface area contributed by atoms with E-state index < -0.39 is 0 Å². The van der Waals surface area contributed by atoms with Gasteiger partial charge in [0, 0.05) is 45.0 Å². The van der Waals surface area contributed by atoms with Crippen molar-refractivity contribution in [3.8, 4) is 0 Å². The van der Waals surface area contributed by atoms with Crippen LogP contribution in [0.2, 0.25) is 0 Å². The van der Waals surface area contributed by atoms with Gasteiger partial charge in [0.05, 0.1) is 13.0 Å².